The third kappa shape index (κ3) is 4.76. The molecule has 3 heterocycles. The highest BCUT2D eigenvalue weighted by Gasteiger charge is 2.23. The Bertz CT molecular complexity index is 1020. The highest BCUT2D eigenvalue weighted by atomic mass is 32.1. The molecule has 4 rings (SSSR count). The fourth-order valence-corrected chi connectivity index (χ4v) is 4.70. The lowest BCUT2D eigenvalue weighted by atomic mass is 9.97. The van der Waals surface area contributed by atoms with E-state index >= 15 is 0 Å². The van der Waals surface area contributed by atoms with Gasteiger partial charge in [0.05, 0.1) is 5.56 Å². The van der Waals surface area contributed by atoms with Crippen LogP contribution in [0.4, 0.5) is 8.78 Å². The second-order valence-electron chi connectivity index (χ2n) is 7.72. The summed E-state index contributed by atoms with van der Waals surface area (Å²) in [6, 6.07) is 7.49. The first-order chi connectivity index (χ1) is 14.5. The lowest BCUT2D eigenvalue weighted by Crippen LogP contribution is -2.40. The molecule has 8 heteroatoms. The van der Waals surface area contributed by atoms with Crippen LogP contribution in [0.15, 0.2) is 41.9 Å². The van der Waals surface area contributed by atoms with Gasteiger partial charge in [0.2, 0.25) is 0 Å². The van der Waals surface area contributed by atoms with Crippen molar-refractivity contribution in [3.8, 4) is 11.3 Å². The van der Waals surface area contributed by atoms with Crippen molar-refractivity contribution < 1.29 is 13.6 Å². The molecule has 1 atom stereocenters. The van der Waals surface area contributed by atoms with Gasteiger partial charge in [-0.25, -0.2) is 8.78 Å². The van der Waals surface area contributed by atoms with Gasteiger partial charge in [-0.15, -0.1) is 11.3 Å². The Hall–Kier alpha value is -2.58. The van der Waals surface area contributed by atoms with Gasteiger partial charge in [-0.1, -0.05) is 6.07 Å². The number of halogens is 2. The summed E-state index contributed by atoms with van der Waals surface area (Å²) < 4.78 is 29.0. The molecule has 1 aliphatic rings. The minimum absolute atomic E-state index is 0.113. The van der Waals surface area contributed by atoms with Crippen molar-refractivity contribution in [2.45, 2.75) is 19.4 Å². The number of aryl methyl sites for hydroxylation is 1. The molecule has 1 aromatic carbocycles. The second-order valence-corrected chi connectivity index (χ2v) is 8.75. The van der Waals surface area contributed by atoms with Gasteiger partial charge >= 0.3 is 0 Å². The van der Waals surface area contributed by atoms with E-state index in [4.69, 9.17) is 0 Å². The van der Waals surface area contributed by atoms with E-state index in [0.29, 0.717) is 12.5 Å². The molecule has 0 saturated carbocycles. The van der Waals surface area contributed by atoms with Crippen molar-refractivity contribution in [1.29, 1.82) is 0 Å². The third-order valence-corrected chi connectivity index (χ3v) is 6.23. The predicted octanol–water partition coefficient (Wildman–Crippen LogP) is 4.07. The topological polar surface area (TPSA) is 50.2 Å². The third-order valence-electron chi connectivity index (χ3n) is 5.37. The standard InChI is InChI=1S/C22H24F2N4OS/c1-27-14-19(21(26-27)18-7-6-16(23)10-20(18)24)22(29)25-11-15-4-2-8-28(12-15)13-17-5-3-9-30-17/h3,5-7,9-10,14-15H,2,4,8,11-13H2,1H3,(H,25,29). The van der Waals surface area contributed by atoms with Gasteiger partial charge < -0.3 is 5.32 Å². The largest absolute Gasteiger partial charge is 0.352 e. The maximum atomic E-state index is 14.2. The summed E-state index contributed by atoms with van der Waals surface area (Å²) in [5, 5.41) is 9.31. The lowest BCUT2D eigenvalue weighted by molar-refractivity contribution is 0.0931. The number of nitrogens with one attached hydrogen (secondary N) is 1. The van der Waals surface area contributed by atoms with Crippen molar-refractivity contribution in [3.63, 3.8) is 0 Å². The van der Waals surface area contributed by atoms with Crippen LogP contribution in [0.3, 0.4) is 0 Å². The van der Waals surface area contributed by atoms with E-state index in [1.807, 2.05) is 0 Å². The van der Waals surface area contributed by atoms with Gasteiger partial charge in [-0.05, 0) is 48.9 Å². The SMILES string of the molecule is Cn1cc(C(=O)NCC2CCCN(Cc3cccs3)C2)c(-c2ccc(F)cc2F)n1. The number of rotatable bonds is 6. The number of hydrogen-bond acceptors (Lipinski definition) is 4. The average molecular weight is 431 g/mol. The summed E-state index contributed by atoms with van der Waals surface area (Å²) in [5.74, 6) is -1.33. The highest BCUT2D eigenvalue weighted by Crippen LogP contribution is 2.26. The minimum atomic E-state index is -0.737. The summed E-state index contributed by atoms with van der Waals surface area (Å²) in [6.45, 7) is 3.50. The molecule has 158 valence electrons. The molecular formula is C22H24F2N4OS. The number of hydrogen-bond donors (Lipinski definition) is 1. The van der Waals surface area contributed by atoms with E-state index in [1.165, 1.54) is 21.7 Å². The fourth-order valence-electron chi connectivity index (χ4n) is 3.95. The van der Waals surface area contributed by atoms with Crippen LogP contribution in [0.25, 0.3) is 11.3 Å². The van der Waals surface area contributed by atoms with Crippen LogP contribution < -0.4 is 5.32 Å². The van der Waals surface area contributed by atoms with Crippen molar-refractivity contribution in [1.82, 2.24) is 20.0 Å². The molecule has 0 radical (unpaired) electrons. The molecule has 1 unspecified atom stereocenters. The smallest absolute Gasteiger partial charge is 0.255 e. The van der Waals surface area contributed by atoms with Gasteiger partial charge in [0.25, 0.3) is 5.91 Å². The van der Waals surface area contributed by atoms with Crippen LogP contribution in [-0.2, 0) is 13.6 Å². The van der Waals surface area contributed by atoms with E-state index in [1.54, 1.807) is 24.6 Å². The van der Waals surface area contributed by atoms with Crippen LogP contribution >= 0.6 is 11.3 Å². The molecule has 0 aliphatic carbocycles. The van der Waals surface area contributed by atoms with E-state index in [9.17, 15) is 13.6 Å². The Balaban J connectivity index is 1.41. The number of carbonyl (C=O) groups excluding carboxylic acids is 1. The van der Waals surface area contributed by atoms with Gasteiger partial charge in [0, 0.05) is 49.4 Å². The highest BCUT2D eigenvalue weighted by molar-refractivity contribution is 7.09. The molecule has 1 fully saturated rings. The number of aromatic nitrogens is 2. The number of benzene rings is 1. The number of carbonyl (C=O) groups is 1. The summed E-state index contributed by atoms with van der Waals surface area (Å²) in [6.07, 6.45) is 3.73. The van der Waals surface area contributed by atoms with Crippen LogP contribution in [0.1, 0.15) is 28.1 Å². The molecule has 1 aliphatic heterocycles. The molecular weight excluding hydrogens is 406 g/mol. The Morgan fingerprint density at radius 3 is 2.97 bits per heavy atom. The average Bonchev–Trinajstić information content (AvgIpc) is 3.36. The zero-order valence-electron chi connectivity index (χ0n) is 16.8. The van der Waals surface area contributed by atoms with Crippen LogP contribution in [-0.4, -0.2) is 40.2 Å². The summed E-state index contributed by atoms with van der Waals surface area (Å²) in [5.41, 5.74) is 0.617. The fraction of sp³-hybridized carbons (Fsp3) is 0.364. The molecule has 0 spiro atoms. The maximum absolute atomic E-state index is 14.2. The molecule has 0 bridgehead atoms. The lowest BCUT2D eigenvalue weighted by Gasteiger charge is -2.32. The molecule has 2 aromatic heterocycles. The number of nitrogens with zero attached hydrogens (tertiary/aromatic N) is 3. The zero-order chi connectivity index (χ0) is 21.1. The number of likely N-dealkylation sites (tertiary alicyclic amines) is 1. The quantitative estimate of drug-likeness (QED) is 0.641. The van der Waals surface area contributed by atoms with Crippen LogP contribution in [0.5, 0.6) is 0 Å². The van der Waals surface area contributed by atoms with Gasteiger partial charge in [0.1, 0.15) is 17.3 Å². The predicted molar refractivity (Wildman–Crippen MR) is 113 cm³/mol. The Morgan fingerprint density at radius 1 is 1.33 bits per heavy atom. The van der Waals surface area contributed by atoms with E-state index in [-0.39, 0.29) is 22.7 Å². The molecule has 3 aromatic rings. The van der Waals surface area contributed by atoms with Crippen LogP contribution in [0.2, 0.25) is 0 Å². The summed E-state index contributed by atoms with van der Waals surface area (Å²) >= 11 is 1.76. The summed E-state index contributed by atoms with van der Waals surface area (Å²) in [7, 11) is 1.67. The normalized spacial score (nSPS) is 17.2. The number of amides is 1. The Kier molecular flexibility index (Phi) is 6.24. The Morgan fingerprint density at radius 2 is 2.20 bits per heavy atom. The van der Waals surface area contributed by atoms with Crippen molar-refractivity contribution in [2.24, 2.45) is 13.0 Å². The molecule has 1 saturated heterocycles. The second kappa shape index (κ2) is 9.06. The van der Waals surface area contributed by atoms with E-state index < -0.39 is 11.6 Å². The van der Waals surface area contributed by atoms with Gasteiger partial charge in [-0.2, -0.15) is 5.10 Å². The van der Waals surface area contributed by atoms with E-state index in [2.05, 4.69) is 32.8 Å². The van der Waals surface area contributed by atoms with Crippen molar-refractivity contribution >= 4 is 17.2 Å². The number of thiophene rings is 1. The number of piperidine rings is 1. The Labute approximate surface area is 178 Å². The minimum Gasteiger partial charge on any atom is -0.352 e. The first-order valence-electron chi connectivity index (χ1n) is 10.0. The van der Waals surface area contributed by atoms with Crippen molar-refractivity contribution in [3.05, 3.63) is 64.0 Å². The zero-order valence-corrected chi connectivity index (χ0v) is 17.6. The van der Waals surface area contributed by atoms with Gasteiger partial charge in [-0.3, -0.25) is 14.4 Å². The van der Waals surface area contributed by atoms with Gasteiger partial charge in [0.15, 0.2) is 0 Å². The van der Waals surface area contributed by atoms with Crippen molar-refractivity contribution in [2.75, 3.05) is 19.6 Å². The molecule has 5 nitrogen and oxygen atoms in total. The maximum Gasteiger partial charge on any atom is 0.255 e. The summed E-state index contributed by atoms with van der Waals surface area (Å²) in [4.78, 5) is 16.6. The van der Waals surface area contributed by atoms with E-state index in [0.717, 1.165) is 38.5 Å². The molecule has 30 heavy (non-hydrogen) atoms. The molecule has 1 N–H and O–H groups in total. The monoisotopic (exact) mass is 430 g/mol. The first-order valence-corrected chi connectivity index (χ1v) is 10.9. The first kappa shape index (κ1) is 20.7. The van der Waals surface area contributed by atoms with Crippen LogP contribution in [0, 0.1) is 17.6 Å². The molecule has 1 amide bonds.